The predicted octanol–water partition coefficient (Wildman–Crippen LogP) is 4.29. The van der Waals surface area contributed by atoms with Crippen LogP contribution in [0.1, 0.15) is 16.7 Å². The lowest BCUT2D eigenvalue weighted by Gasteiger charge is -2.13. The number of aryl methyl sites for hydroxylation is 2. The molecule has 0 bridgehead atoms. The van der Waals surface area contributed by atoms with Crippen LogP contribution in [0.5, 0.6) is 0 Å². The smallest absolute Gasteiger partial charge is 0.171 e. The van der Waals surface area contributed by atoms with Gasteiger partial charge in [0.1, 0.15) is 0 Å². The van der Waals surface area contributed by atoms with E-state index in [1.165, 1.54) is 0 Å². The number of hydrogen-bond donors (Lipinski definition) is 2. The van der Waals surface area contributed by atoms with E-state index in [1.807, 2.05) is 50.2 Å². The van der Waals surface area contributed by atoms with E-state index >= 15 is 0 Å². The molecule has 2 nitrogen and oxygen atoms in total. The number of thiocarbonyl (C=S) groups is 1. The Morgan fingerprint density at radius 2 is 1.91 bits per heavy atom. The zero-order valence-electron chi connectivity index (χ0n) is 12.5. The lowest BCUT2D eigenvalue weighted by molar-refractivity contribution is 1.08. The number of rotatable bonds is 2. The van der Waals surface area contributed by atoms with Gasteiger partial charge in [0.15, 0.2) is 5.11 Å². The minimum absolute atomic E-state index is 0.475. The number of anilines is 1. The summed E-state index contributed by atoms with van der Waals surface area (Å²) in [5, 5.41) is 7.36. The Morgan fingerprint density at radius 3 is 2.59 bits per heavy atom. The summed E-state index contributed by atoms with van der Waals surface area (Å²) < 4.78 is 0. The first kappa shape index (κ1) is 16.4. The Labute approximate surface area is 141 Å². The Hall–Kier alpha value is -2.02. The van der Waals surface area contributed by atoms with E-state index in [9.17, 15) is 0 Å². The lowest BCUT2D eigenvalue weighted by atomic mass is 10.1. The highest BCUT2D eigenvalue weighted by Gasteiger charge is 2.06. The average molecular weight is 329 g/mol. The summed E-state index contributed by atoms with van der Waals surface area (Å²) >= 11 is 11.5. The van der Waals surface area contributed by atoms with E-state index in [4.69, 9.17) is 23.8 Å². The molecule has 0 heterocycles. The van der Waals surface area contributed by atoms with Gasteiger partial charge >= 0.3 is 0 Å². The summed E-state index contributed by atoms with van der Waals surface area (Å²) in [6.45, 7) is 4.49. The molecular formula is C18H17ClN2S. The quantitative estimate of drug-likeness (QED) is 0.635. The maximum Gasteiger partial charge on any atom is 0.171 e. The number of benzene rings is 2. The van der Waals surface area contributed by atoms with Crippen LogP contribution in [-0.2, 0) is 0 Å². The molecule has 0 aliphatic heterocycles. The van der Waals surface area contributed by atoms with E-state index < -0.39 is 0 Å². The van der Waals surface area contributed by atoms with Crippen molar-refractivity contribution >= 4 is 34.6 Å². The van der Waals surface area contributed by atoms with Crippen LogP contribution in [-0.4, -0.2) is 11.7 Å². The Morgan fingerprint density at radius 1 is 1.18 bits per heavy atom. The van der Waals surface area contributed by atoms with Gasteiger partial charge in [0.2, 0.25) is 0 Å². The second-order valence-electron chi connectivity index (χ2n) is 4.91. The summed E-state index contributed by atoms with van der Waals surface area (Å²) in [7, 11) is 0. The van der Waals surface area contributed by atoms with Crippen molar-refractivity contribution in [1.82, 2.24) is 5.32 Å². The summed E-state index contributed by atoms with van der Waals surface area (Å²) in [4.78, 5) is 0. The molecular weight excluding hydrogens is 312 g/mol. The van der Waals surface area contributed by atoms with Crippen LogP contribution in [0.4, 0.5) is 5.69 Å². The van der Waals surface area contributed by atoms with Crippen LogP contribution in [0.15, 0.2) is 42.5 Å². The maximum atomic E-state index is 6.24. The Kier molecular flexibility index (Phi) is 5.83. The first-order valence-electron chi connectivity index (χ1n) is 6.92. The molecule has 0 amide bonds. The van der Waals surface area contributed by atoms with Gasteiger partial charge in [-0.15, -0.1) is 0 Å². The molecule has 2 rings (SSSR count). The summed E-state index contributed by atoms with van der Waals surface area (Å²) in [6.07, 6.45) is 0. The Bertz CT molecular complexity index is 707. The molecule has 0 aliphatic carbocycles. The van der Waals surface area contributed by atoms with Crippen molar-refractivity contribution in [2.24, 2.45) is 0 Å². The topological polar surface area (TPSA) is 24.1 Å². The van der Waals surface area contributed by atoms with E-state index in [-0.39, 0.29) is 0 Å². The molecule has 112 valence electrons. The molecule has 0 atom stereocenters. The summed E-state index contributed by atoms with van der Waals surface area (Å²) in [5.41, 5.74) is 4.01. The SMILES string of the molecule is Cc1cc(C)c(NC(=S)NCC#Cc2ccccc2)c(Cl)c1. The van der Waals surface area contributed by atoms with Crippen LogP contribution >= 0.6 is 23.8 Å². The highest BCUT2D eigenvalue weighted by Crippen LogP contribution is 2.27. The first-order valence-corrected chi connectivity index (χ1v) is 7.70. The van der Waals surface area contributed by atoms with Gasteiger partial charge in [-0.1, -0.05) is 47.7 Å². The minimum atomic E-state index is 0.475. The van der Waals surface area contributed by atoms with E-state index in [0.717, 1.165) is 22.4 Å². The van der Waals surface area contributed by atoms with Gasteiger partial charge in [-0.05, 0) is 55.4 Å². The fourth-order valence-electron chi connectivity index (χ4n) is 2.02. The Balaban J connectivity index is 1.91. The van der Waals surface area contributed by atoms with Gasteiger partial charge in [-0.3, -0.25) is 0 Å². The van der Waals surface area contributed by atoms with Gasteiger partial charge in [0.25, 0.3) is 0 Å². The van der Waals surface area contributed by atoms with Crippen molar-refractivity contribution in [2.45, 2.75) is 13.8 Å². The molecule has 0 spiro atoms. The van der Waals surface area contributed by atoms with Crippen molar-refractivity contribution in [3.63, 3.8) is 0 Å². The third-order valence-electron chi connectivity index (χ3n) is 3.01. The molecule has 22 heavy (non-hydrogen) atoms. The van der Waals surface area contributed by atoms with E-state index in [1.54, 1.807) is 0 Å². The molecule has 0 fully saturated rings. The van der Waals surface area contributed by atoms with E-state index in [0.29, 0.717) is 16.7 Å². The molecule has 0 aromatic heterocycles. The summed E-state index contributed by atoms with van der Waals surface area (Å²) in [5.74, 6) is 6.10. The van der Waals surface area contributed by atoms with Crippen molar-refractivity contribution in [2.75, 3.05) is 11.9 Å². The van der Waals surface area contributed by atoms with Crippen molar-refractivity contribution < 1.29 is 0 Å². The fourth-order valence-corrected chi connectivity index (χ4v) is 2.57. The number of halogens is 1. The monoisotopic (exact) mass is 328 g/mol. The minimum Gasteiger partial charge on any atom is -0.352 e. The van der Waals surface area contributed by atoms with Gasteiger partial charge in [0.05, 0.1) is 17.3 Å². The zero-order valence-corrected chi connectivity index (χ0v) is 14.1. The van der Waals surface area contributed by atoms with Gasteiger partial charge in [-0.25, -0.2) is 0 Å². The molecule has 4 heteroatoms. The van der Waals surface area contributed by atoms with Crippen LogP contribution in [0.2, 0.25) is 5.02 Å². The molecule has 2 aromatic rings. The highest BCUT2D eigenvalue weighted by molar-refractivity contribution is 7.80. The van der Waals surface area contributed by atoms with Crippen LogP contribution in [0.25, 0.3) is 0 Å². The van der Waals surface area contributed by atoms with Crippen LogP contribution in [0, 0.1) is 25.7 Å². The lowest BCUT2D eigenvalue weighted by Crippen LogP contribution is -2.29. The fraction of sp³-hybridized carbons (Fsp3) is 0.167. The van der Waals surface area contributed by atoms with Crippen LogP contribution in [0.3, 0.4) is 0 Å². The third kappa shape index (κ3) is 4.77. The van der Waals surface area contributed by atoms with Crippen molar-refractivity contribution in [1.29, 1.82) is 0 Å². The summed E-state index contributed by atoms with van der Waals surface area (Å²) in [6, 6.07) is 13.8. The molecule has 0 unspecified atom stereocenters. The maximum absolute atomic E-state index is 6.24. The molecule has 0 saturated carbocycles. The van der Waals surface area contributed by atoms with E-state index in [2.05, 4.69) is 28.5 Å². The van der Waals surface area contributed by atoms with Gasteiger partial charge in [-0.2, -0.15) is 0 Å². The number of hydrogen-bond acceptors (Lipinski definition) is 1. The standard InChI is InChI=1S/C18H17ClN2S/c1-13-11-14(2)17(16(19)12-13)21-18(22)20-10-6-9-15-7-4-3-5-8-15/h3-5,7-8,11-12H,10H2,1-2H3,(H2,20,21,22). The third-order valence-corrected chi connectivity index (χ3v) is 3.56. The molecule has 0 radical (unpaired) electrons. The van der Waals surface area contributed by atoms with Crippen molar-refractivity contribution in [3.8, 4) is 11.8 Å². The van der Waals surface area contributed by atoms with Crippen LogP contribution < -0.4 is 10.6 Å². The molecule has 0 saturated heterocycles. The second-order valence-corrected chi connectivity index (χ2v) is 5.73. The highest BCUT2D eigenvalue weighted by atomic mass is 35.5. The van der Waals surface area contributed by atoms with Crippen molar-refractivity contribution in [3.05, 3.63) is 64.2 Å². The second kappa shape index (κ2) is 7.84. The molecule has 0 aliphatic rings. The number of nitrogens with one attached hydrogen (secondary N) is 2. The van der Waals surface area contributed by atoms with Gasteiger partial charge in [0, 0.05) is 5.56 Å². The first-order chi connectivity index (χ1) is 10.6. The predicted molar refractivity (Wildman–Crippen MR) is 98.5 cm³/mol. The average Bonchev–Trinajstić information content (AvgIpc) is 2.48. The molecule has 2 N–H and O–H groups in total. The molecule has 2 aromatic carbocycles. The zero-order chi connectivity index (χ0) is 15.9. The largest absolute Gasteiger partial charge is 0.352 e. The normalized spacial score (nSPS) is 9.59. The van der Waals surface area contributed by atoms with Gasteiger partial charge < -0.3 is 10.6 Å².